The van der Waals surface area contributed by atoms with E-state index in [9.17, 15) is 18.0 Å². The van der Waals surface area contributed by atoms with E-state index in [4.69, 9.17) is 9.84 Å². The molecule has 1 amide bonds. The van der Waals surface area contributed by atoms with E-state index in [1.807, 2.05) is 0 Å². The van der Waals surface area contributed by atoms with Gasteiger partial charge in [-0.15, -0.1) is 0 Å². The number of aliphatic carboxylic acids is 1. The van der Waals surface area contributed by atoms with E-state index in [-0.39, 0.29) is 17.1 Å². The first kappa shape index (κ1) is 15.2. The molecule has 2 rings (SSSR count). The van der Waals surface area contributed by atoms with Crippen LogP contribution in [0.4, 0.5) is 0 Å². The Bertz CT molecular complexity index is 510. The zero-order chi connectivity index (χ0) is 15.0. The first-order valence-corrected chi connectivity index (χ1v) is 8.61. The number of hydrogen-bond acceptors (Lipinski definition) is 5. The molecule has 1 aliphatic carbocycles. The molecule has 114 valence electrons. The molecule has 1 aliphatic heterocycles. The molecule has 2 fully saturated rings. The SMILES string of the molecule is CS(=O)(=O)CC1(CNC(=O)[C@@H]2CC[C@H](C(=O)O)O2)CC1. The molecule has 20 heavy (non-hydrogen) atoms. The van der Waals surface area contributed by atoms with Crippen molar-refractivity contribution in [1.82, 2.24) is 5.32 Å². The molecular formula is C12H19NO6S. The minimum Gasteiger partial charge on any atom is -0.479 e. The summed E-state index contributed by atoms with van der Waals surface area (Å²) in [5.41, 5.74) is -0.339. The van der Waals surface area contributed by atoms with Crippen molar-refractivity contribution in [3.05, 3.63) is 0 Å². The second kappa shape index (κ2) is 5.33. The minimum absolute atomic E-state index is 0.0730. The summed E-state index contributed by atoms with van der Waals surface area (Å²) in [5, 5.41) is 11.5. The van der Waals surface area contributed by atoms with Gasteiger partial charge in [0.05, 0.1) is 5.75 Å². The standard InChI is InChI=1S/C12H19NO6S/c1-20(17,18)7-12(4-5-12)6-13-10(14)8-2-3-9(19-8)11(15)16/h8-9H,2-7H2,1H3,(H,13,14)(H,15,16)/t8-,9+/m0/s1. The third-order valence-corrected chi connectivity index (χ3v) is 4.89. The van der Waals surface area contributed by atoms with E-state index in [2.05, 4.69) is 5.32 Å². The molecule has 0 unspecified atom stereocenters. The fraction of sp³-hybridized carbons (Fsp3) is 0.833. The quantitative estimate of drug-likeness (QED) is 0.688. The summed E-state index contributed by atoms with van der Waals surface area (Å²) in [5.74, 6) is -1.34. The Labute approximate surface area is 117 Å². The van der Waals surface area contributed by atoms with Gasteiger partial charge in [0.15, 0.2) is 6.10 Å². The van der Waals surface area contributed by atoms with E-state index >= 15 is 0 Å². The van der Waals surface area contributed by atoms with E-state index in [0.29, 0.717) is 19.4 Å². The Morgan fingerprint density at radius 1 is 1.30 bits per heavy atom. The zero-order valence-corrected chi connectivity index (χ0v) is 12.1. The molecule has 0 aromatic heterocycles. The van der Waals surface area contributed by atoms with Crippen LogP contribution in [0.1, 0.15) is 25.7 Å². The van der Waals surface area contributed by atoms with Crippen molar-refractivity contribution in [3.8, 4) is 0 Å². The Balaban J connectivity index is 1.80. The summed E-state index contributed by atoms with van der Waals surface area (Å²) < 4.78 is 27.7. The number of carbonyl (C=O) groups excluding carboxylic acids is 1. The highest BCUT2D eigenvalue weighted by atomic mass is 32.2. The van der Waals surface area contributed by atoms with Gasteiger partial charge in [-0.25, -0.2) is 13.2 Å². The Hall–Kier alpha value is -1.15. The highest BCUT2D eigenvalue weighted by molar-refractivity contribution is 7.90. The average molecular weight is 305 g/mol. The summed E-state index contributed by atoms with van der Waals surface area (Å²) in [6.45, 7) is 0.302. The molecule has 2 atom stereocenters. The highest BCUT2D eigenvalue weighted by Gasteiger charge is 2.46. The van der Waals surface area contributed by atoms with Crippen molar-refractivity contribution in [2.24, 2.45) is 5.41 Å². The van der Waals surface area contributed by atoms with Crippen molar-refractivity contribution >= 4 is 21.7 Å². The van der Waals surface area contributed by atoms with Gasteiger partial charge in [-0.05, 0) is 25.7 Å². The van der Waals surface area contributed by atoms with Gasteiger partial charge in [0.2, 0.25) is 5.91 Å². The van der Waals surface area contributed by atoms with Gasteiger partial charge in [0, 0.05) is 18.2 Å². The molecule has 8 heteroatoms. The van der Waals surface area contributed by atoms with Crippen molar-refractivity contribution < 1.29 is 27.9 Å². The Morgan fingerprint density at radius 3 is 2.35 bits per heavy atom. The summed E-state index contributed by atoms with van der Waals surface area (Å²) >= 11 is 0. The summed E-state index contributed by atoms with van der Waals surface area (Å²) in [4.78, 5) is 22.6. The van der Waals surface area contributed by atoms with Crippen LogP contribution >= 0.6 is 0 Å². The lowest BCUT2D eigenvalue weighted by atomic mass is 10.1. The third kappa shape index (κ3) is 3.92. The summed E-state index contributed by atoms with van der Waals surface area (Å²) in [6, 6.07) is 0. The van der Waals surface area contributed by atoms with Crippen LogP contribution in [-0.4, -0.2) is 56.2 Å². The normalized spacial score (nSPS) is 28.1. The summed E-state index contributed by atoms with van der Waals surface area (Å²) in [6.07, 6.45) is 1.78. The number of rotatable bonds is 6. The fourth-order valence-corrected chi connectivity index (χ4v) is 4.01. The van der Waals surface area contributed by atoms with Gasteiger partial charge in [0.25, 0.3) is 0 Å². The van der Waals surface area contributed by atoms with Gasteiger partial charge in [-0.2, -0.15) is 0 Å². The Morgan fingerprint density at radius 2 is 1.90 bits per heavy atom. The van der Waals surface area contributed by atoms with Gasteiger partial charge in [0.1, 0.15) is 15.9 Å². The lowest BCUT2D eigenvalue weighted by Gasteiger charge is -2.17. The molecule has 7 nitrogen and oxygen atoms in total. The molecular weight excluding hydrogens is 286 g/mol. The molecule has 2 N–H and O–H groups in total. The maximum absolute atomic E-state index is 11.9. The van der Waals surface area contributed by atoms with E-state index in [0.717, 1.165) is 12.8 Å². The van der Waals surface area contributed by atoms with Gasteiger partial charge >= 0.3 is 5.97 Å². The molecule has 1 saturated carbocycles. The van der Waals surface area contributed by atoms with Crippen LogP contribution in [0.25, 0.3) is 0 Å². The zero-order valence-electron chi connectivity index (χ0n) is 11.3. The first-order valence-electron chi connectivity index (χ1n) is 6.55. The van der Waals surface area contributed by atoms with Gasteiger partial charge in [-0.1, -0.05) is 0 Å². The maximum Gasteiger partial charge on any atom is 0.332 e. The number of ether oxygens (including phenoxy) is 1. The van der Waals surface area contributed by atoms with Gasteiger partial charge < -0.3 is 15.2 Å². The fourth-order valence-electron chi connectivity index (χ4n) is 2.51. The van der Waals surface area contributed by atoms with Crippen molar-refractivity contribution in [1.29, 1.82) is 0 Å². The number of amides is 1. The predicted octanol–water partition coefficient (Wildman–Crippen LogP) is -0.440. The first-order chi connectivity index (χ1) is 9.21. The van der Waals surface area contributed by atoms with Crippen molar-refractivity contribution in [3.63, 3.8) is 0 Å². The lowest BCUT2D eigenvalue weighted by molar-refractivity contribution is -0.151. The molecule has 0 radical (unpaired) electrons. The molecule has 0 aromatic carbocycles. The molecule has 0 aromatic rings. The maximum atomic E-state index is 11.9. The predicted molar refractivity (Wildman–Crippen MR) is 69.9 cm³/mol. The van der Waals surface area contributed by atoms with Gasteiger partial charge in [-0.3, -0.25) is 4.79 Å². The molecule has 0 bridgehead atoms. The second-order valence-corrected chi connectivity index (χ2v) is 7.96. The summed E-state index contributed by atoms with van der Waals surface area (Å²) in [7, 11) is -3.07. The number of carboxylic acids is 1. The largest absolute Gasteiger partial charge is 0.479 e. The Kier molecular flexibility index (Phi) is 4.06. The van der Waals surface area contributed by atoms with Crippen LogP contribution < -0.4 is 5.32 Å². The molecule has 2 aliphatic rings. The van der Waals surface area contributed by atoms with Crippen LogP contribution in [0.2, 0.25) is 0 Å². The third-order valence-electron chi connectivity index (χ3n) is 3.75. The van der Waals surface area contributed by atoms with Crippen LogP contribution in [0.5, 0.6) is 0 Å². The van der Waals surface area contributed by atoms with E-state index < -0.39 is 28.0 Å². The number of carboxylic acid groups (broad SMARTS) is 1. The number of carbonyl (C=O) groups is 2. The number of hydrogen-bond donors (Lipinski definition) is 2. The molecule has 1 heterocycles. The van der Waals surface area contributed by atoms with E-state index in [1.54, 1.807) is 0 Å². The average Bonchev–Trinajstić information content (AvgIpc) is 2.90. The van der Waals surface area contributed by atoms with E-state index in [1.165, 1.54) is 6.26 Å². The number of nitrogens with one attached hydrogen (secondary N) is 1. The van der Waals surface area contributed by atoms with Crippen LogP contribution in [0.15, 0.2) is 0 Å². The molecule has 0 spiro atoms. The van der Waals surface area contributed by atoms with Crippen molar-refractivity contribution in [2.75, 3.05) is 18.6 Å². The molecule has 1 saturated heterocycles. The smallest absolute Gasteiger partial charge is 0.332 e. The monoisotopic (exact) mass is 305 g/mol. The highest BCUT2D eigenvalue weighted by Crippen LogP contribution is 2.46. The number of sulfone groups is 1. The minimum atomic E-state index is -3.07. The van der Waals surface area contributed by atoms with Crippen LogP contribution in [0, 0.1) is 5.41 Å². The second-order valence-electron chi connectivity index (χ2n) is 5.82. The van der Waals surface area contributed by atoms with Crippen molar-refractivity contribution in [2.45, 2.75) is 37.9 Å². The van der Waals surface area contributed by atoms with Crippen LogP contribution in [0.3, 0.4) is 0 Å². The lowest BCUT2D eigenvalue weighted by Crippen LogP contribution is -2.40. The topological polar surface area (TPSA) is 110 Å². The van der Waals surface area contributed by atoms with Crippen LogP contribution in [-0.2, 0) is 24.2 Å².